The van der Waals surface area contributed by atoms with Crippen molar-refractivity contribution >= 4 is 10.0 Å². The smallest absolute Gasteiger partial charge is 0.243 e. The molecule has 0 spiro atoms. The van der Waals surface area contributed by atoms with Crippen LogP contribution in [0.5, 0.6) is 0 Å². The van der Waals surface area contributed by atoms with Gasteiger partial charge in [0, 0.05) is 13.1 Å². The van der Waals surface area contributed by atoms with Crippen molar-refractivity contribution in [2.75, 3.05) is 13.1 Å². The van der Waals surface area contributed by atoms with Crippen LogP contribution in [0.2, 0.25) is 0 Å². The lowest BCUT2D eigenvalue weighted by Gasteiger charge is -2.23. The minimum atomic E-state index is -3.52. The highest BCUT2D eigenvalue weighted by Crippen LogP contribution is 2.32. The van der Waals surface area contributed by atoms with Crippen LogP contribution in [0.15, 0.2) is 4.90 Å². The average molecular weight is 297 g/mol. The topological polar surface area (TPSA) is 57.6 Å². The van der Waals surface area contributed by atoms with Crippen LogP contribution in [-0.2, 0) is 10.0 Å². The summed E-state index contributed by atoms with van der Waals surface area (Å²) in [7, 11) is -3.52. The second kappa shape index (κ2) is 5.13. The van der Waals surface area contributed by atoms with Crippen LogP contribution >= 0.6 is 0 Å². The fraction of sp³-hybridized carbons (Fsp3) is 0.600. The molecule has 1 fully saturated rings. The summed E-state index contributed by atoms with van der Waals surface area (Å²) >= 11 is 0. The third-order valence-electron chi connectivity index (χ3n) is 4.66. The average Bonchev–Trinajstić information content (AvgIpc) is 2.81. The Labute approximate surface area is 121 Å². The lowest BCUT2D eigenvalue weighted by atomic mass is 9.95. The van der Waals surface area contributed by atoms with E-state index in [0.29, 0.717) is 17.9 Å². The normalized spacial score (nSPS) is 20.6. The fourth-order valence-electron chi connectivity index (χ4n) is 2.91. The van der Waals surface area contributed by atoms with Crippen LogP contribution in [0.25, 0.3) is 0 Å². The quantitative estimate of drug-likeness (QED) is 0.908. The third-order valence-corrected chi connectivity index (χ3v) is 6.79. The van der Waals surface area contributed by atoms with Crippen LogP contribution in [0.3, 0.4) is 0 Å². The summed E-state index contributed by atoms with van der Waals surface area (Å²) in [6.45, 7) is 10.3. The lowest BCUT2D eigenvalue weighted by Crippen LogP contribution is -2.31. The zero-order chi connectivity index (χ0) is 15.2. The molecule has 1 atom stereocenters. The standard InChI is InChI=1S/C15H23NO3S/c1-9-10(2)12(4)15(13(5)11(9)3)20(18,19)16-7-6-14(17)8-16/h14,17H,6-8H2,1-5H3/t14-/m0/s1. The summed E-state index contributed by atoms with van der Waals surface area (Å²) < 4.78 is 27.1. The van der Waals surface area contributed by atoms with E-state index >= 15 is 0 Å². The second-order valence-corrected chi connectivity index (χ2v) is 7.63. The minimum absolute atomic E-state index is 0.202. The van der Waals surface area contributed by atoms with Crippen molar-refractivity contribution in [3.8, 4) is 0 Å². The third kappa shape index (κ3) is 2.28. The summed E-state index contributed by atoms with van der Waals surface area (Å²) in [6, 6.07) is 0. The minimum Gasteiger partial charge on any atom is -0.392 e. The van der Waals surface area contributed by atoms with Gasteiger partial charge in [-0.2, -0.15) is 4.31 Å². The zero-order valence-corrected chi connectivity index (χ0v) is 13.6. The molecule has 1 aromatic rings. The number of β-amino-alcohol motifs (C(OH)–C–C–N with tert-alkyl or cyclic N) is 1. The van der Waals surface area contributed by atoms with E-state index in [0.717, 1.165) is 27.8 Å². The van der Waals surface area contributed by atoms with E-state index in [1.807, 2.05) is 34.6 Å². The van der Waals surface area contributed by atoms with E-state index in [-0.39, 0.29) is 6.54 Å². The number of benzene rings is 1. The van der Waals surface area contributed by atoms with Gasteiger partial charge in [0.25, 0.3) is 0 Å². The first-order chi connectivity index (χ1) is 9.17. The molecule has 0 bridgehead atoms. The van der Waals surface area contributed by atoms with Crippen molar-refractivity contribution < 1.29 is 13.5 Å². The molecule has 5 heteroatoms. The van der Waals surface area contributed by atoms with Gasteiger partial charge in [-0.15, -0.1) is 0 Å². The molecule has 0 unspecified atom stereocenters. The summed E-state index contributed by atoms with van der Waals surface area (Å²) in [5.41, 5.74) is 4.87. The largest absolute Gasteiger partial charge is 0.392 e. The maximum atomic E-state index is 12.9. The van der Waals surface area contributed by atoms with Gasteiger partial charge in [-0.3, -0.25) is 0 Å². The van der Waals surface area contributed by atoms with Crippen molar-refractivity contribution in [2.24, 2.45) is 0 Å². The first-order valence-electron chi connectivity index (χ1n) is 6.93. The van der Waals surface area contributed by atoms with Gasteiger partial charge in [-0.05, 0) is 68.9 Å². The monoisotopic (exact) mass is 297 g/mol. The Kier molecular flexibility index (Phi) is 3.97. The first kappa shape index (κ1) is 15.5. The number of hydrogen-bond donors (Lipinski definition) is 1. The van der Waals surface area contributed by atoms with Gasteiger partial charge in [-0.1, -0.05) is 0 Å². The molecule has 1 aliphatic heterocycles. The molecule has 0 amide bonds. The zero-order valence-electron chi connectivity index (χ0n) is 12.8. The van der Waals surface area contributed by atoms with Gasteiger partial charge < -0.3 is 5.11 Å². The predicted octanol–water partition coefficient (Wildman–Crippen LogP) is 1.98. The van der Waals surface area contributed by atoms with Gasteiger partial charge in [0.05, 0.1) is 11.0 Å². The molecule has 112 valence electrons. The molecule has 4 nitrogen and oxygen atoms in total. The molecule has 1 N–H and O–H groups in total. The van der Waals surface area contributed by atoms with E-state index in [4.69, 9.17) is 0 Å². The molecular formula is C15H23NO3S. The molecule has 0 saturated carbocycles. The van der Waals surface area contributed by atoms with Crippen molar-refractivity contribution in [3.63, 3.8) is 0 Å². The Morgan fingerprint density at radius 3 is 1.80 bits per heavy atom. The molecular weight excluding hydrogens is 274 g/mol. The Balaban J connectivity index is 2.64. The Hall–Kier alpha value is -0.910. The highest BCUT2D eigenvalue weighted by atomic mass is 32.2. The fourth-order valence-corrected chi connectivity index (χ4v) is 4.96. The predicted molar refractivity (Wildman–Crippen MR) is 79.5 cm³/mol. The van der Waals surface area contributed by atoms with E-state index < -0.39 is 16.1 Å². The summed E-state index contributed by atoms with van der Waals surface area (Å²) in [5.74, 6) is 0. The van der Waals surface area contributed by atoms with Crippen molar-refractivity contribution in [3.05, 3.63) is 27.8 Å². The number of nitrogens with zero attached hydrogens (tertiary/aromatic N) is 1. The molecule has 1 heterocycles. The summed E-state index contributed by atoms with van der Waals surface area (Å²) in [6.07, 6.45) is -0.0285. The Bertz CT molecular complexity index is 621. The van der Waals surface area contributed by atoms with E-state index in [1.165, 1.54) is 4.31 Å². The maximum absolute atomic E-state index is 12.9. The van der Waals surface area contributed by atoms with Crippen molar-refractivity contribution in [2.45, 2.75) is 52.0 Å². The Morgan fingerprint density at radius 1 is 0.950 bits per heavy atom. The van der Waals surface area contributed by atoms with Gasteiger partial charge in [-0.25, -0.2) is 8.42 Å². The molecule has 1 aliphatic rings. The van der Waals surface area contributed by atoms with Crippen molar-refractivity contribution in [1.82, 2.24) is 4.31 Å². The summed E-state index contributed by atoms with van der Waals surface area (Å²) in [4.78, 5) is 0.423. The number of aliphatic hydroxyl groups excluding tert-OH is 1. The first-order valence-corrected chi connectivity index (χ1v) is 8.37. The summed E-state index contributed by atoms with van der Waals surface area (Å²) in [5, 5.41) is 9.60. The van der Waals surface area contributed by atoms with E-state index in [1.54, 1.807) is 0 Å². The maximum Gasteiger partial charge on any atom is 0.243 e. The highest BCUT2D eigenvalue weighted by molar-refractivity contribution is 7.89. The number of aliphatic hydroxyl groups is 1. The Morgan fingerprint density at radius 2 is 1.40 bits per heavy atom. The van der Waals surface area contributed by atoms with Gasteiger partial charge in [0.1, 0.15) is 0 Å². The molecule has 2 rings (SSSR count). The van der Waals surface area contributed by atoms with Crippen LogP contribution < -0.4 is 0 Å². The molecule has 1 saturated heterocycles. The molecule has 20 heavy (non-hydrogen) atoms. The van der Waals surface area contributed by atoms with Gasteiger partial charge in [0.15, 0.2) is 0 Å². The molecule has 0 radical (unpaired) electrons. The van der Waals surface area contributed by atoms with Crippen LogP contribution in [0.4, 0.5) is 0 Å². The van der Waals surface area contributed by atoms with Crippen molar-refractivity contribution in [1.29, 1.82) is 0 Å². The van der Waals surface area contributed by atoms with E-state index in [2.05, 4.69) is 0 Å². The van der Waals surface area contributed by atoms with Gasteiger partial charge >= 0.3 is 0 Å². The van der Waals surface area contributed by atoms with E-state index in [9.17, 15) is 13.5 Å². The number of rotatable bonds is 2. The molecule has 0 aliphatic carbocycles. The second-order valence-electron chi connectivity index (χ2n) is 5.76. The van der Waals surface area contributed by atoms with Gasteiger partial charge in [0.2, 0.25) is 10.0 Å². The van der Waals surface area contributed by atoms with Crippen LogP contribution in [0, 0.1) is 34.6 Å². The molecule has 1 aromatic carbocycles. The van der Waals surface area contributed by atoms with Crippen LogP contribution in [0.1, 0.15) is 34.2 Å². The highest BCUT2D eigenvalue weighted by Gasteiger charge is 2.34. The SMILES string of the molecule is Cc1c(C)c(C)c(S(=O)(=O)N2CC[C@H](O)C2)c(C)c1C. The lowest BCUT2D eigenvalue weighted by molar-refractivity contribution is 0.189. The number of hydrogen-bond acceptors (Lipinski definition) is 3. The number of sulfonamides is 1. The molecule has 0 aromatic heterocycles. The van der Waals surface area contributed by atoms with Crippen LogP contribution in [-0.4, -0.2) is 37.0 Å².